The molecule has 1 N–H and O–H groups in total. The number of rotatable bonds is 3. The lowest BCUT2D eigenvalue weighted by Crippen LogP contribution is -1.93. The van der Waals surface area contributed by atoms with E-state index in [1.165, 1.54) is 0 Å². The van der Waals surface area contributed by atoms with Crippen molar-refractivity contribution in [3.63, 3.8) is 0 Å². The van der Waals surface area contributed by atoms with Crippen molar-refractivity contribution in [1.82, 2.24) is 0 Å². The summed E-state index contributed by atoms with van der Waals surface area (Å²) in [5, 5.41) is 8.54. The second-order valence-electron chi connectivity index (χ2n) is 2.87. The van der Waals surface area contributed by atoms with Crippen molar-refractivity contribution in [3.8, 4) is 11.5 Å². The Morgan fingerprint density at radius 1 is 1.36 bits per heavy atom. The highest BCUT2D eigenvalue weighted by molar-refractivity contribution is 5.81. The zero-order valence-corrected chi connectivity index (χ0v) is 7.64. The first-order valence-corrected chi connectivity index (χ1v) is 4.40. The standard InChI is InChI=1S/C10H11NO3/c12-4-3-11-6-8-1-2-9-10(5-8)14-7-13-9/h1-2,5-6,12H,3-4,7H2. The lowest BCUT2D eigenvalue weighted by molar-refractivity contribution is 0.174. The highest BCUT2D eigenvalue weighted by Crippen LogP contribution is 2.31. The number of hydrogen-bond donors (Lipinski definition) is 1. The third-order valence-electron chi connectivity index (χ3n) is 1.87. The molecule has 0 amide bonds. The fourth-order valence-electron chi connectivity index (χ4n) is 1.22. The van der Waals surface area contributed by atoms with Crippen LogP contribution in [-0.2, 0) is 0 Å². The van der Waals surface area contributed by atoms with Crippen LogP contribution < -0.4 is 9.47 Å². The van der Waals surface area contributed by atoms with Gasteiger partial charge in [-0.15, -0.1) is 0 Å². The highest BCUT2D eigenvalue weighted by Gasteiger charge is 2.12. The first kappa shape index (κ1) is 9.02. The summed E-state index contributed by atoms with van der Waals surface area (Å²) >= 11 is 0. The third kappa shape index (κ3) is 1.85. The predicted molar refractivity (Wildman–Crippen MR) is 52.1 cm³/mol. The summed E-state index contributed by atoms with van der Waals surface area (Å²) in [6, 6.07) is 5.61. The van der Waals surface area contributed by atoms with E-state index in [-0.39, 0.29) is 13.4 Å². The Hall–Kier alpha value is -1.55. The summed E-state index contributed by atoms with van der Waals surface area (Å²) in [5.41, 5.74) is 0.947. The SMILES string of the molecule is OCCN=Cc1ccc2c(c1)OCO2. The van der Waals surface area contributed by atoms with Crippen LogP contribution in [0.2, 0.25) is 0 Å². The van der Waals surface area contributed by atoms with Crippen LogP contribution in [0.25, 0.3) is 0 Å². The highest BCUT2D eigenvalue weighted by atomic mass is 16.7. The van der Waals surface area contributed by atoms with Gasteiger partial charge < -0.3 is 14.6 Å². The number of aliphatic imine (C=N–C) groups is 1. The molecule has 0 fully saturated rings. The van der Waals surface area contributed by atoms with E-state index in [4.69, 9.17) is 14.6 Å². The maximum atomic E-state index is 8.54. The zero-order valence-electron chi connectivity index (χ0n) is 7.64. The molecular weight excluding hydrogens is 182 g/mol. The van der Waals surface area contributed by atoms with E-state index in [1.807, 2.05) is 18.2 Å². The number of aliphatic hydroxyl groups excluding tert-OH is 1. The second kappa shape index (κ2) is 4.11. The number of ether oxygens (including phenoxy) is 2. The Labute approximate surface area is 81.8 Å². The van der Waals surface area contributed by atoms with Crippen molar-refractivity contribution >= 4 is 6.21 Å². The van der Waals surface area contributed by atoms with Gasteiger partial charge in [0, 0.05) is 6.21 Å². The molecule has 1 aromatic carbocycles. The molecule has 4 nitrogen and oxygen atoms in total. The van der Waals surface area contributed by atoms with Crippen LogP contribution in [0.5, 0.6) is 11.5 Å². The molecule has 0 spiro atoms. The molecular formula is C10H11NO3. The molecule has 0 saturated heterocycles. The zero-order chi connectivity index (χ0) is 9.80. The van der Waals surface area contributed by atoms with Crippen LogP contribution >= 0.6 is 0 Å². The van der Waals surface area contributed by atoms with Crippen LogP contribution in [0.3, 0.4) is 0 Å². The van der Waals surface area contributed by atoms with Crippen molar-refractivity contribution in [1.29, 1.82) is 0 Å². The first-order valence-electron chi connectivity index (χ1n) is 4.40. The normalized spacial score (nSPS) is 13.8. The maximum Gasteiger partial charge on any atom is 0.231 e. The van der Waals surface area contributed by atoms with E-state index in [1.54, 1.807) is 6.21 Å². The number of benzene rings is 1. The van der Waals surface area contributed by atoms with Gasteiger partial charge in [-0.1, -0.05) is 0 Å². The van der Waals surface area contributed by atoms with Gasteiger partial charge >= 0.3 is 0 Å². The van der Waals surface area contributed by atoms with Crippen LogP contribution in [0.4, 0.5) is 0 Å². The monoisotopic (exact) mass is 193 g/mol. The lowest BCUT2D eigenvalue weighted by atomic mass is 10.2. The van der Waals surface area contributed by atoms with Crippen molar-refractivity contribution in [2.24, 2.45) is 4.99 Å². The average molecular weight is 193 g/mol. The number of aliphatic hydroxyl groups is 1. The molecule has 14 heavy (non-hydrogen) atoms. The molecule has 1 aliphatic heterocycles. The molecule has 0 saturated carbocycles. The third-order valence-corrected chi connectivity index (χ3v) is 1.87. The van der Waals surface area contributed by atoms with E-state index < -0.39 is 0 Å². The Bertz CT molecular complexity index is 349. The van der Waals surface area contributed by atoms with Gasteiger partial charge in [0.25, 0.3) is 0 Å². The van der Waals surface area contributed by atoms with E-state index in [0.717, 1.165) is 17.1 Å². The smallest absolute Gasteiger partial charge is 0.231 e. The fraction of sp³-hybridized carbons (Fsp3) is 0.300. The number of hydrogen-bond acceptors (Lipinski definition) is 4. The Balaban J connectivity index is 2.12. The quantitative estimate of drug-likeness (QED) is 0.723. The minimum Gasteiger partial charge on any atom is -0.454 e. The van der Waals surface area contributed by atoms with Gasteiger partial charge in [0.1, 0.15) is 0 Å². The van der Waals surface area contributed by atoms with Crippen LogP contribution in [-0.4, -0.2) is 31.3 Å². The van der Waals surface area contributed by atoms with Crippen molar-refractivity contribution in [3.05, 3.63) is 23.8 Å². The van der Waals surface area contributed by atoms with Gasteiger partial charge in [-0.25, -0.2) is 0 Å². The van der Waals surface area contributed by atoms with Gasteiger partial charge in [0.05, 0.1) is 13.2 Å². The average Bonchev–Trinajstić information content (AvgIpc) is 2.65. The molecule has 1 aliphatic rings. The molecule has 74 valence electrons. The van der Waals surface area contributed by atoms with Crippen molar-refractivity contribution in [2.75, 3.05) is 19.9 Å². The van der Waals surface area contributed by atoms with Crippen LogP contribution in [0, 0.1) is 0 Å². The first-order chi connectivity index (χ1) is 6.90. The van der Waals surface area contributed by atoms with Gasteiger partial charge in [-0.3, -0.25) is 4.99 Å². The number of nitrogens with zero attached hydrogens (tertiary/aromatic N) is 1. The molecule has 1 heterocycles. The van der Waals surface area contributed by atoms with E-state index in [0.29, 0.717) is 6.54 Å². The molecule has 4 heteroatoms. The lowest BCUT2D eigenvalue weighted by Gasteiger charge is -1.96. The van der Waals surface area contributed by atoms with Crippen LogP contribution in [0.1, 0.15) is 5.56 Å². The Kier molecular flexibility index (Phi) is 2.65. The molecule has 2 rings (SSSR count). The summed E-state index contributed by atoms with van der Waals surface area (Å²) in [4.78, 5) is 4.01. The van der Waals surface area contributed by atoms with Gasteiger partial charge in [0.2, 0.25) is 6.79 Å². The second-order valence-corrected chi connectivity index (χ2v) is 2.87. The largest absolute Gasteiger partial charge is 0.454 e. The van der Waals surface area contributed by atoms with E-state index in [9.17, 15) is 0 Å². The minimum absolute atomic E-state index is 0.0705. The van der Waals surface area contributed by atoms with E-state index in [2.05, 4.69) is 4.99 Å². The fourth-order valence-corrected chi connectivity index (χ4v) is 1.22. The molecule has 0 aromatic heterocycles. The summed E-state index contributed by atoms with van der Waals surface area (Å²) < 4.78 is 10.4. The predicted octanol–water partition coefficient (Wildman–Crippen LogP) is 0.827. The van der Waals surface area contributed by atoms with Crippen molar-refractivity contribution < 1.29 is 14.6 Å². The molecule has 0 unspecified atom stereocenters. The number of fused-ring (bicyclic) bond motifs is 1. The Morgan fingerprint density at radius 3 is 3.07 bits per heavy atom. The minimum atomic E-state index is 0.0705. The van der Waals surface area contributed by atoms with Gasteiger partial charge in [0.15, 0.2) is 11.5 Å². The van der Waals surface area contributed by atoms with Crippen LogP contribution in [0.15, 0.2) is 23.2 Å². The summed E-state index contributed by atoms with van der Waals surface area (Å²) in [5.74, 6) is 1.52. The van der Waals surface area contributed by atoms with Gasteiger partial charge in [-0.05, 0) is 23.8 Å². The van der Waals surface area contributed by atoms with E-state index >= 15 is 0 Å². The molecule has 0 aliphatic carbocycles. The Morgan fingerprint density at radius 2 is 2.21 bits per heavy atom. The maximum absolute atomic E-state index is 8.54. The van der Waals surface area contributed by atoms with Gasteiger partial charge in [-0.2, -0.15) is 0 Å². The molecule has 1 aromatic rings. The summed E-state index contributed by atoms with van der Waals surface area (Å²) in [6.45, 7) is 0.780. The summed E-state index contributed by atoms with van der Waals surface area (Å²) in [6.07, 6.45) is 1.71. The topological polar surface area (TPSA) is 51.1 Å². The van der Waals surface area contributed by atoms with Crippen molar-refractivity contribution in [2.45, 2.75) is 0 Å². The summed E-state index contributed by atoms with van der Waals surface area (Å²) in [7, 11) is 0. The molecule has 0 bridgehead atoms. The molecule has 0 atom stereocenters. The molecule has 0 radical (unpaired) electrons.